The van der Waals surface area contributed by atoms with Crippen molar-refractivity contribution in [2.24, 2.45) is 0 Å². The minimum absolute atomic E-state index is 0.436. The highest BCUT2D eigenvalue weighted by molar-refractivity contribution is 5.29. The van der Waals surface area contributed by atoms with Crippen molar-refractivity contribution < 1.29 is 4.74 Å². The molecule has 0 bridgehead atoms. The lowest BCUT2D eigenvalue weighted by atomic mass is 10.1. The molecule has 0 heterocycles. The maximum atomic E-state index is 5.66. The first-order chi connectivity index (χ1) is 8.17. The Kier molecular flexibility index (Phi) is 6.01. The summed E-state index contributed by atoms with van der Waals surface area (Å²) < 4.78 is 5.66. The molecular formula is C14H24N2O. The van der Waals surface area contributed by atoms with Crippen LogP contribution in [0.1, 0.15) is 24.9 Å². The zero-order chi connectivity index (χ0) is 12.7. The van der Waals surface area contributed by atoms with E-state index in [9.17, 15) is 0 Å². The quantitative estimate of drug-likeness (QED) is 0.786. The maximum absolute atomic E-state index is 5.66. The summed E-state index contributed by atoms with van der Waals surface area (Å²) in [6.45, 7) is 3.86. The summed E-state index contributed by atoms with van der Waals surface area (Å²) in [7, 11) is 6.09. The SMILES string of the molecule is CCC(NC)c1ccc(OCCN(C)C)cc1. The van der Waals surface area contributed by atoms with Gasteiger partial charge >= 0.3 is 0 Å². The molecule has 3 nitrogen and oxygen atoms in total. The van der Waals surface area contributed by atoms with Crippen molar-refractivity contribution in [2.75, 3.05) is 34.3 Å². The molecule has 0 radical (unpaired) electrons. The molecule has 0 aliphatic carbocycles. The molecule has 0 saturated heterocycles. The van der Waals surface area contributed by atoms with Crippen molar-refractivity contribution in [1.29, 1.82) is 0 Å². The van der Waals surface area contributed by atoms with E-state index in [0.717, 1.165) is 25.3 Å². The van der Waals surface area contributed by atoms with Crippen molar-refractivity contribution in [3.8, 4) is 5.75 Å². The van der Waals surface area contributed by atoms with Crippen LogP contribution in [-0.2, 0) is 0 Å². The predicted octanol–water partition coefficient (Wildman–Crippen LogP) is 2.30. The van der Waals surface area contributed by atoms with Crippen LogP contribution in [-0.4, -0.2) is 39.2 Å². The maximum Gasteiger partial charge on any atom is 0.119 e. The Morgan fingerprint density at radius 2 is 1.88 bits per heavy atom. The molecule has 17 heavy (non-hydrogen) atoms. The number of hydrogen-bond acceptors (Lipinski definition) is 3. The van der Waals surface area contributed by atoms with Gasteiger partial charge in [0.1, 0.15) is 12.4 Å². The number of rotatable bonds is 7. The minimum Gasteiger partial charge on any atom is -0.492 e. The highest BCUT2D eigenvalue weighted by atomic mass is 16.5. The monoisotopic (exact) mass is 236 g/mol. The smallest absolute Gasteiger partial charge is 0.119 e. The molecular weight excluding hydrogens is 212 g/mol. The Hall–Kier alpha value is -1.06. The average Bonchev–Trinajstić information content (AvgIpc) is 2.32. The van der Waals surface area contributed by atoms with E-state index >= 15 is 0 Å². The number of benzene rings is 1. The van der Waals surface area contributed by atoms with Gasteiger partial charge in [-0.05, 0) is 45.3 Å². The van der Waals surface area contributed by atoms with Gasteiger partial charge in [-0.1, -0.05) is 19.1 Å². The fourth-order valence-corrected chi connectivity index (χ4v) is 1.75. The van der Waals surface area contributed by atoms with Crippen molar-refractivity contribution in [2.45, 2.75) is 19.4 Å². The summed E-state index contributed by atoms with van der Waals surface area (Å²) in [5, 5.41) is 3.30. The number of hydrogen-bond donors (Lipinski definition) is 1. The van der Waals surface area contributed by atoms with E-state index in [1.807, 2.05) is 33.3 Å². The summed E-state index contributed by atoms with van der Waals surface area (Å²) in [5.41, 5.74) is 1.31. The van der Waals surface area contributed by atoms with Gasteiger partial charge < -0.3 is 15.0 Å². The van der Waals surface area contributed by atoms with Crippen molar-refractivity contribution >= 4 is 0 Å². The molecule has 1 N–H and O–H groups in total. The second-order valence-electron chi connectivity index (χ2n) is 4.47. The van der Waals surface area contributed by atoms with Crippen LogP contribution in [0.4, 0.5) is 0 Å². The summed E-state index contributed by atoms with van der Waals surface area (Å²) in [6.07, 6.45) is 1.09. The fraction of sp³-hybridized carbons (Fsp3) is 0.571. The van der Waals surface area contributed by atoms with E-state index in [1.54, 1.807) is 0 Å². The van der Waals surface area contributed by atoms with Crippen LogP contribution in [0.5, 0.6) is 5.75 Å². The van der Waals surface area contributed by atoms with Gasteiger partial charge in [-0.2, -0.15) is 0 Å². The molecule has 1 aromatic rings. The van der Waals surface area contributed by atoms with Gasteiger partial charge in [0, 0.05) is 12.6 Å². The van der Waals surface area contributed by atoms with Crippen LogP contribution >= 0.6 is 0 Å². The molecule has 0 spiro atoms. The lowest BCUT2D eigenvalue weighted by molar-refractivity contribution is 0.261. The first kappa shape index (κ1) is 14.0. The number of ether oxygens (including phenoxy) is 1. The standard InChI is InChI=1S/C14H24N2O/c1-5-14(15-2)12-6-8-13(9-7-12)17-11-10-16(3)4/h6-9,14-15H,5,10-11H2,1-4H3. The van der Waals surface area contributed by atoms with Crippen LogP contribution in [0.15, 0.2) is 24.3 Å². The molecule has 1 rings (SSSR count). The largest absolute Gasteiger partial charge is 0.492 e. The first-order valence-electron chi connectivity index (χ1n) is 6.22. The second-order valence-corrected chi connectivity index (χ2v) is 4.47. The molecule has 0 aliphatic heterocycles. The van der Waals surface area contributed by atoms with Crippen molar-refractivity contribution in [3.05, 3.63) is 29.8 Å². The molecule has 1 atom stereocenters. The molecule has 1 unspecified atom stereocenters. The van der Waals surface area contributed by atoms with Gasteiger partial charge in [0.05, 0.1) is 0 Å². The molecule has 0 saturated carbocycles. The lowest BCUT2D eigenvalue weighted by Crippen LogP contribution is -2.19. The van der Waals surface area contributed by atoms with E-state index in [2.05, 4.69) is 29.3 Å². The molecule has 1 aromatic carbocycles. The Morgan fingerprint density at radius 3 is 2.35 bits per heavy atom. The Bertz CT molecular complexity index is 305. The topological polar surface area (TPSA) is 24.5 Å². The number of nitrogens with one attached hydrogen (secondary N) is 1. The molecule has 3 heteroatoms. The van der Waals surface area contributed by atoms with Gasteiger partial charge in [-0.15, -0.1) is 0 Å². The van der Waals surface area contributed by atoms with E-state index in [4.69, 9.17) is 4.74 Å². The van der Waals surface area contributed by atoms with Crippen LogP contribution in [0.3, 0.4) is 0 Å². The third-order valence-corrected chi connectivity index (χ3v) is 2.85. The van der Waals surface area contributed by atoms with Crippen LogP contribution in [0.25, 0.3) is 0 Å². The third kappa shape index (κ3) is 4.75. The van der Waals surface area contributed by atoms with E-state index in [1.165, 1.54) is 5.56 Å². The zero-order valence-electron chi connectivity index (χ0n) is 11.4. The van der Waals surface area contributed by atoms with Crippen LogP contribution in [0, 0.1) is 0 Å². The van der Waals surface area contributed by atoms with Crippen LogP contribution in [0.2, 0.25) is 0 Å². The Labute approximate surface area is 105 Å². The molecule has 0 fully saturated rings. The summed E-state index contributed by atoms with van der Waals surface area (Å²) in [4.78, 5) is 2.11. The highest BCUT2D eigenvalue weighted by Gasteiger charge is 2.05. The van der Waals surface area contributed by atoms with Gasteiger partial charge in [0.15, 0.2) is 0 Å². The average molecular weight is 236 g/mol. The summed E-state index contributed by atoms with van der Waals surface area (Å²) in [6, 6.07) is 8.80. The van der Waals surface area contributed by atoms with E-state index < -0.39 is 0 Å². The van der Waals surface area contributed by atoms with Crippen LogP contribution < -0.4 is 10.1 Å². The second kappa shape index (κ2) is 7.30. The highest BCUT2D eigenvalue weighted by Crippen LogP contribution is 2.19. The van der Waals surface area contributed by atoms with Gasteiger partial charge in [0.25, 0.3) is 0 Å². The molecule has 0 aliphatic rings. The van der Waals surface area contributed by atoms with Gasteiger partial charge in [-0.25, -0.2) is 0 Å². The first-order valence-corrected chi connectivity index (χ1v) is 6.22. The Morgan fingerprint density at radius 1 is 1.24 bits per heavy atom. The molecule has 96 valence electrons. The van der Waals surface area contributed by atoms with Crippen molar-refractivity contribution in [1.82, 2.24) is 10.2 Å². The molecule has 0 amide bonds. The predicted molar refractivity (Wildman–Crippen MR) is 72.6 cm³/mol. The van der Waals surface area contributed by atoms with Gasteiger partial charge in [0.2, 0.25) is 0 Å². The third-order valence-electron chi connectivity index (χ3n) is 2.85. The zero-order valence-corrected chi connectivity index (χ0v) is 11.4. The molecule has 0 aromatic heterocycles. The van der Waals surface area contributed by atoms with E-state index in [-0.39, 0.29) is 0 Å². The van der Waals surface area contributed by atoms with E-state index in [0.29, 0.717) is 6.04 Å². The summed E-state index contributed by atoms with van der Waals surface area (Å²) >= 11 is 0. The fourth-order valence-electron chi connectivity index (χ4n) is 1.75. The van der Waals surface area contributed by atoms with Crippen molar-refractivity contribution in [3.63, 3.8) is 0 Å². The Balaban J connectivity index is 2.49. The summed E-state index contributed by atoms with van der Waals surface area (Å²) in [5.74, 6) is 0.946. The number of nitrogens with zero attached hydrogens (tertiary/aromatic N) is 1. The normalized spacial score (nSPS) is 12.8. The lowest BCUT2D eigenvalue weighted by Gasteiger charge is -2.15. The van der Waals surface area contributed by atoms with Gasteiger partial charge in [-0.3, -0.25) is 0 Å². The number of likely N-dealkylation sites (N-methyl/N-ethyl adjacent to an activating group) is 1. The minimum atomic E-state index is 0.436.